The zero-order chi connectivity index (χ0) is 19.4. The first-order chi connectivity index (χ1) is 13.0. The van der Waals surface area contributed by atoms with Crippen molar-refractivity contribution < 1.29 is 14.7 Å². The number of carboxylic acids is 1. The Balaban J connectivity index is 1.67. The second-order valence-corrected chi connectivity index (χ2v) is 7.29. The maximum Gasteiger partial charge on any atom is 0.326 e. The Morgan fingerprint density at radius 2 is 1.56 bits per heavy atom. The van der Waals surface area contributed by atoms with Crippen LogP contribution in [-0.2, 0) is 11.2 Å². The highest BCUT2D eigenvalue weighted by Crippen LogP contribution is 2.24. The number of hydrogen-bond acceptors (Lipinski definition) is 2. The lowest BCUT2D eigenvalue weighted by atomic mass is 10.0. The van der Waals surface area contributed by atoms with Gasteiger partial charge >= 0.3 is 12.0 Å². The second-order valence-electron chi connectivity index (χ2n) is 7.29. The molecule has 1 aliphatic heterocycles. The van der Waals surface area contributed by atoms with E-state index in [-0.39, 0.29) is 24.5 Å². The van der Waals surface area contributed by atoms with Gasteiger partial charge in [0.2, 0.25) is 0 Å². The first-order valence-corrected chi connectivity index (χ1v) is 9.41. The van der Waals surface area contributed by atoms with Gasteiger partial charge in [0.05, 0.1) is 0 Å². The molecule has 1 heterocycles. The predicted octanol–water partition coefficient (Wildman–Crippen LogP) is 3.93. The maximum absolute atomic E-state index is 12.6. The number of aliphatic carboxylic acids is 1. The fourth-order valence-corrected chi connectivity index (χ4v) is 3.72. The van der Waals surface area contributed by atoms with Gasteiger partial charge in [-0.25, -0.2) is 9.59 Å². The van der Waals surface area contributed by atoms with Gasteiger partial charge in [-0.3, -0.25) is 0 Å². The highest BCUT2D eigenvalue weighted by molar-refractivity contribution is 5.83. The summed E-state index contributed by atoms with van der Waals surface area (Å²) in [6.45, 7) is 4.00. The molecule has 2 amide bonds. The van der Waals surface area contributed by atoms with Crippen LogP contribution in [0.2, 0.25) is 0 Å². The van der Waals surface area contributed by atoms with Crippen LogP contribution in [0.3, 0.4) is 0 Å². The number of urea groups is 1. The molecule has 5 heteroatoms. The molecule has 5 nitrogen and oxygen atoms in total. The van der Waals surface area contributed by atoms with Crippen LogP contribution in [0, 0.1) is 0 Å². The van der Waals surface area contributed by atoms with Crippen LogP contribution >= 0.6 is 0 Å². The van der Waals surface area contributed by atoms with Crippen LogP contribution in [0.25, 0.3) is 11.1 Å². The largest absolute Gasteiger partial charge is 0.480 e. The molecule has 2 aromatic rings. The summed E-state index contributed by atoms with van der Waals surface area (Å²) in [6.07, 6.45) is 2.16. The first-order valence-electron chi connectivity index (χ1n) is 9.41. The van der Waals surface area contributed by atoms with Crippen molar-refractivity contribution in [1.29, 1.82) is 0 Å². The third kappa shape index (κ3) is 4.48. The Morgan fingerprint density at radius 1 is 1.00 bits per heavy atom. The average Bonchev–Trinajstić information content (AvgIpc) is 3.00. The van der Waals surface area contributed by atoms with Crippen molar-refractivity contribution in [2.24, 2.45) is 0 Å². The number of rotatable bonds is 5. The first kappa shape index (κ1) is 19.0. The van der Waals surface area contributed by atoms with Crippen LogP contribution in [0.5, 0.6) is 0 Å². The van der Waals surface area contributed by atoms with Gasteiger partial charge in [-0.05, 0) is 43.4 Å². The number of carbonyl (C=O) groups is 2. The molecule has 0 saturated carbocycles. The van der Waals surface area contributed by atoms with Crippen LogP contribution in [0.4, 0.5) is 4.79 Å². The molecular formula is C22H26N2O3. The van der Waals surface area contributed by atoms with Crippen molar-refractivity contribution >= 4 is 12.0 Å². The van der Waals surface area contributed by atoms with E-state index in [1.807, 2.05) is 68.4 Å². The number of nitrogens with zero attached hydrogens (tertiary/aromatic N) is 1. The van der Waals surface area contributed by atoms with Gasteiger partial charge < -0.3 is 15.3 Å². The molecule has 142 valence electrons. The van der Waals surface area contributed by atoms with Gasteiger partial charge in [-0.1, -0.05) is 54.6 Å². The third-order valence-corrected chi connectivity index (χ3v) is 5.28. The summed E-state index contributed by atoms with van der Waals surface area (Å²) in [5.74, 6) is -1.02. The molecular weight excluding hydrogens is 340 g/mol. The molecule has 0 aliphatic carbocycles. The third-order valence-electron chi connectivity index (χ3n) is 5.28. The minimum atomic E-state index is -1.02. The Hall–Kier alpha value is -2.82. The number of carbonyl (C=O) groups excluding carboxylic acids is 1. The zero-order valence-electron chi connectivity index (χ0n) is 15.8. The van der Waals surface area contributed by atoms with Crippen LogP contribution in [0.15, 0.2) is 54.6 Å². The molecule has 27 heavy (non-hydrogen) atoms. The number of nitrogens with one attached hydrogen (secondary N) is 1. The molecule has 1 aliphatic rings. The number of carboxylic acid groups (broad SMARTS) is 1. The highest BCUT2D eigenvalue weighted by atomic mass is 16.4. The topological polar surface area (TPSA) is 69.6 Å². The summed E-state index contributed by atoms with van der Waals surface area (Å²) in [5.41, 5.74) is 3.07. The minimum Gasteiger partial charge on any atom is -0.480 e. The molecule has 1 saturated heterocycles. The predicted molar refractivity (Wildman–Crippen MR) is 106 cm³/mol. The standard InChI is InChI=1S/C22H26N2O3/c1-15-8-9-16(2)24(15)22(27)23-20(21(25)26)14-17-10-12-19(13-11-17)18-6-4-3-5-7-18/h3-7,10-13,15-16,20H,8-9,14H2,1-2H3,(H,23,27)(H,25,26). The number of benzene rings is 2. The molecule has 3 rings (SSSR count). The van der Waals surface area contributed by atoms with Gasteiger partial charge in [-0.15, -0.1) is 0 Å². The van der Waals surface area contributed by atoms with Gasteiger partial charge in [0, 0.05) is 18.5 Å². The van der Waals surface area contributed by atoms with E-state index < -0.39 is 12.0 Å². The molecule has 3 atom stereocenters. The lowest BCUT2D eigenvalue weighted by molar-refractivity contribution is -0.139. The van der Waals surface area contributed by atoms with Gasteiger partial charge in [0.25, 0.3) is 0 Å². The van der Waals surface area contributed by atoms with E-state index >= 15 is 0 Å². The lowest BCUT2D eigenvalue weighted by Gasteiger charge is -2.28. The van der Waals surface area contributed by atoms with Crippen molar-refractivity contribution in [3.8, 4) is 11.1 Å². The average molecular weight is 366 g/mol. The summed E-state index contributed by atoms with van der Waals surface area (Å²) < 4.78 is 0. The van der Waals surface area contributed by atoms with Crippen molar-refractivity contribution in [2.75, 3.05) is 0 Å². The summed E-state index contributed by atoms with van der Waals surface area (Å²) >= 11 is 0. The Labute approximate surface area is 160 Å². The molecule has 2 N–H and O–H groups in total. The normalized spacial score (nSPS) is 20.3. The highest BCUT2D eigenvalue weighted by Gasteiger charge is 2.33. The van der Waals surface area contributed by atoms with E-state index in [9.17, 15) is 14.7 Å². The fraction of sp³-hybridized carbons (Fsp3) is 0.364. The molecule has 2 aromatic carbocycles. The summed E-state index contributed by atoms with van der Waals surface area (Å²) in [5, 5.41) is 12.3. The quantitative estimate of drug-likeness (QED) is 0.842. The van der Waals surface area contributed by atoms with Gasteiger partial charge in [0.1, 0.15) is 6.04 Å². The van der Waals surface area contributed by atoms with E-state index in [0.717, 1.165) is 29.5 Å². The van der Waals surface area contributed by atoms with E-state index in [1.54, 1.807) is 4.90 Å². The Kier molecular flexibility index (Phi) is 5.79. The van der Waals surface area contributed by atoms with Gasteiger partial charge in [0.15, 0.2) is 0 Å². The zero-order valence-corrected chi connectivity index (χ0v) is 15.8. The van der Waals surface area contributed by atoms with Crippen molar-refractivity contribution in [1.82, 2.24) is 10.2 Å². The minimum absolute atomic E-state index is 0.139. The van der Waals surface area contributed by atoms with E-state index in [0.29, 0.717) is 0 Å². The number of likely N-dealkylation sites (tertiary alicyclic amines) is 1. The molecule has 0 aromatic heterocycles. The van der Waals surface area contributed by atoms with E-state index in [1.165, 1.54) is 0 Å². The molecule has 0 spiro atoms. The van der Waals surface area contributed by atoms with E-state index in [2.05, 4.69) is 5.32 Å². The summed E-state index contributed by atoms with van der Waals surface area (Å²) in [6, 6.07) is 16.9. The molecule has 0 radical (unpaired) electrons. The molecule has 1 fully saturated rings. The van der Waals surface area contributed by atoms with Crippen LogP contribution in [-0.4, -0.2) is 40.1 Å². The number of amides is 2. The van der Waals surface area contributed by atoms with E-state index in [4.69, 9.17) is 0 Å². The summed E-state index contributed by atoms with van der Waals surface area (Å²) in [4.78, 5) is 26.0. The Morgan fingerprint density at radius 3 is 2.11 bits per heavy atom. The van der Waals surface area contributed by atoms with Crippen molar-refractivity contribution in [3.63, 3.8) is 0 Å². The van der Waals surface area contributed by atoms with Crippen LogP contribution in [0.1, 0.15) is 32.3 Å². The van der Waals surface area contributed by atoms with Crippen LogP contribution < -0.4 is 5.32 Å². The SMILES string of the molecule is CC1CCC(C)N1C(=O)NC(Cc1ccc(-c2ccccc2)cc1)C(=O)O. The maximum atomic E-state index is 12.6. The van der Waals surface area contributed by atoms with Crippen molar-refractivity contribution in [3.05, 3.63) is 60.2 Å². The lowest BCUT2D eigenvalue weighted by Crippen LogP contribution is -2.51. The second kappa shape index (κ2) is 8.25. The monoisotopic (exact) mass is 366 g/mol. The smallest absolute Gasteiger partial charge is 0.326 e. The molecule has 3 unspecified atom stereocenters. The van der Waals surface area contributed by atoms with Gasteiger partial charge in [-0.2, -0.15) is 0 Å². The summed E-state index contributed by atoms with van der Waals surface area (Å²) in [7, 11) is 0. The number of hydrogen-bond donors (Lipinski definition) is 2. The Bertz CT molecular complexity index is 779. The molecule has 0 bridgehead atoms. The fourth-order valence-electron chi connectivity index (χ4n) is 3.72. The van der Waals surface area contributed by atoms with Crippen molar-refractivity contribution in [2.45, 2.75) is 51.2 Å².